The van der Waals surface area contributed by atoms with Crippen molar-refractivity contribution in [2.24, 2.45) is 0 Å². The molecule has 0 unspecified atom stereocenters. The van der Waals surface area contributed by atoms with Gasteiger partial charge in [0.2, 0.25) is 0 Å². The van der Waals surface area contributed by atoms with Gasteiger partial charge in [-0.05, 0) is 11.4 Å². The molecule has 20 heavy (non-hydrogen) atoms. The van der Waals surface area contributed by atoms with Crippen molar-refractivity contribution in [3.63, 3.8) is 0 Å². The number of nitrogens with zero attached hydrogens (tertiary/aromatic N) is 1. The maximum Gasteiger partial charge on any atom is 0.329 e. The summed E-state index contributed by atoms with van der Waals surface area (Å²) in [4.78, 5) is 26.2. The Morgan fingerprint density at radius 3 is 2.75 bits per heavy atom. The minimum absolute atomic E-state index is 0.293. The van der Waals surface area contributed by atoms with Gasteiger partial charge in [0.15, 0.2) is 0 Å². The summed E-state index contributed by atoms with van der Waals surface area (Å²) in [5.74, 6) is -1.00. The van der Waals surface area contributed by atoms with Gasteiger partial charge in [-0.25, -0.2) is 9.59 Å². The number of carboxylic acid groups (broad SMARTS) is 1. The molecule has 0 spiro atoms. The molecule has 1 fully saturated rings. The summed E-state index contributed by atoms with van der Waals surface area (Å²) in [5.41, 5.74) is -1.21. The molecule has 110 valence electrons. The van der Waals surface area contributed by atoms with E-state index in [0.29, 0.717) is 32.6 Å². The second-order valence-corrected chi connectivity index (χ2v) is 5.90. The molecule has 6 nitrogen and oxygen atoms in total. The van der Waals surface area contributed by atoms with Crippen LogP contribution in [0.4, 0.5) is 4.79 Å². The van der Waals surface area contributed by atoms with E-state index in [4.69, 9.17) is 4.74 Å². The Bertz CT molecular complexity index is 469. The first kappa shape index (κ1) is 14.8. The molecule has 2 heterocycles. The number of carboxylic acids is 1. The lowest BCUT2D eigenvalue weighted by Gasteiger charge is -2.35. The Kier molecular flexibility index (Phi) is 4.61. The van der Waals surface area contributed by atoms with Crippen molar-refractivity contribution >= 4 is 23.3 Å². The van der Waals surface area contributed by atoms with Crippen LogP contribution >= 0.6 is 11.3 Å². The van der Waals surface area contributed by atoms with Crippen LogP contribution in [0.1, 0.15) is 17.7 Å². The lowest BCUT2D eigenvalue weighted by molar-refractivity contribution is -0.148. The molecule has 1 aliphatic heterocycles. The van der Waals surface area contributed by atoms with E-state index in [9.17, 15) is 14.7 Å². The number of ether oxygens (including phenoxy) is 1. The molecule has 7 heteroatoms. The second-order valence-electron chi connectivity index (χ2n) is 4.87. The molecule has 2 rings (SSSR count). The summed E-state index contributed by atoms with van der Waals surface area (Å²) in [6.07, 6.45) is 0.585. The lowest BCUT2D eigenvalue weighted by atomic mass is 9.90. The fourth-order valence-electron chi connectivity index (χ4n) is 2.12. The van der Waals surface area contributed by atoms with Gasteiger partial charge in [-0.3, -0.25) is 0 Å². The predicted molar refractivity (Wildman–Crippen MR) is 74.7 cm³/mol. The summed E-state index contributed by atoms with van der Waals surface area (Å²) in [6.45, 7) is 1.16. The van der Waals surface area contributed by atoms with Gasteiger partial charge in [0.05, 0.1) is 6.54 Å². The Balaban J connectivity index is 1.99. The summed E-state index contributed by atoms with van der Waals surface area (Å²) in [5, 5.41) is 14.0. The van der Waals surface area contributed by atoms with E-state index in [-0.39, 0.29) is 6.03 Å². The van der Waals surface area contributed by atoms with Gasteiger partial charge in [-0.2, -0.15) is 0 Å². The Morgan fingerprint density at radius 2 is 2.20 bits per heavy atom. The summed E-state index contributed by atoms with van der Waals surface area (Å²) >= 11 is 1.56. The lowest BCUT2D eigenvalue weighted by Crippen LogP contribution is -2.59. The molecule has 1 saturated heterocycles. The van der Waals surface area contributed by atoms with Crippen LogP contribution < -0.4 is 5.32 Å². The number of nitrogens with one attached hydrogen (secondary N) is 1. The highest BCUT2D eigenvalue weighted by Gasteiger charge is 2.42. The van der Waals surface area contributed by atoms with Gasteiger partial charge < -0.3 is 20.1 Å². The molecule has 1 aromatic rings. The molecule has 0 saturated carbocycles. The highest BCUT2D eigenvalue weighted by Crippen LogP contribution is 2.21. The first-order valence-electron chi connectivity index (χ1n) is 6.40. The monoisotopic (exact) mass is 298 g/mol. The SMILES string of the molecule is CN(Cc1cccs1)C(=O)NC1(C(=O)O)CCOCC1. The van der Waals surface area contributed by atoms with E-state index in [1.54, 1.807) is 18.4 Å². The zero-order valence-electron chi connectivity index (χ0n) is 11.3. The molecule has 0 aliphatic carbocycles. The molecular formula is C13H18N2O4S. The molecule has 0 radical (unpaired) electrons. The minimum atomic E-state index is -1.21. The fourth-order valence-corrected chi connectivity index (χ4v) is 2.88. The van der Waals surface area contributed by atoms with E-state index in [1.807, 2.05) is 17.5 Å². The van der Waals surface area contributed by atoms with E-state index in [1.165, 1.54) is 4.90 Å². The van der Waals surface area contributed by atoms with Crippen LogP contribution in [0.3, 0.4) is 0 Å². The van der Waals surface area contributed by atoms with E-state index in [0.717, 1.165) is 4.88 Å². The van der Waals surface area contributed by atoms with Crippen molar-refractivity contribution in [1.29, 1.82) is 0 Å². The number of carbonyl (C=O) groups is 2. The van der Waals surface area contributed by atoms with Crippen molar-refractivity contribution in [3.05, 3.63) is 22.4 Å². The number of amides is 2. The fraction of sp³-hybridized carbons (Fsp3) is 0.538. The average Bonchev–Trinajstić information content (AvgIpc) is 2.92. The highest BCUT2D eigenvalue weighted by molar-refractivity contribution is 7.09. The third-order valence-corrected chi connectivity index (χ3v) is 4.28. The molecule has 0 bridgehead atoms. The van der Waals surface area contributed by atoms with Gasteiger partial charge in [-0.15, -0.1) is 11.3 Å². The normalized spacial score (nSPS) is 17.4. The number of aliphatic carboxylic acids is 1. The van der Waals surface area contributed by atoms with E-state index >= 15 is 0 Å². The smallest absolute Gasteiger partial charge is 0.329 e. The number of thiophene rings is 1. The Hall–Kier alpha value is -1.60. The first-order valence-corrected chi connectivity index (χ1v) is 7.28. The summed E-state index contributed by atoms with van der Waals surface area (Å²) in [7, 11) is 1.66. The Morgan fingerprint density at radius 1 is 1.50 bits per heavy atom. The number of hydrogen-bond donors (Lipinski definition) is 2. The predicted octanol–water partition coefficient (Wildman–Crippen LogP) is 1.52. The zero-order chi connectivity index (χ0) is 14.6. The van der Waals surface area contributed by atoms with Crippen molar-refractivity contribution in [2.45, 2.75) is 24.9 Å². The number of hydrogen-bond acceptors (Lipinski definition) is 4. The number of rotatable bonds is 4. The number of urea groups is 1. The van der Waals surface area contributed by atoms with E-state index in [2.05, 4.69) is 5.32 Å². The zero-order valence-corrected chi connectivity index (χ0v) is 12.1. The first-order chi connectivity index (χ1) is 9.53. The number of carbonyl (C=O) groups excluding carboxylic acids is 1. The standard InChI is InChI=1S/C13H18N2O4S/c1-15(9-10-3-2-8-20-10)12(18)14-13(11(16)17)4-6-19-7-5-13/h2-3,8H,4-7,9H2,1H3,(H,14,18)(H,16,17). The topological polar surface area (TPSA) is 78.9 Å². The van der Waals surface area contributed by atoms with E-state index < -0.39 is 11.5 Å². The molecule has 1 aromatic heterocycles. The van der Waals surface area contributed by atoms with Crippen LogP contribution in [0.25, 0.3) is 0 Å². The van der Waals surface area contributed by atoms with Crippen molar-refractivity contribution in [2.75, 3.05) is 20.3 Å². The molecule has 2 N–H and O–H groups in total. The van der Waals surface area contributed by atoms with Crippen LogP contribution in [0.15, 0.2) is 17.5 Å². The van der Waals surface area contributed by atoms with Crippen molar-refractivity contribution in [1.82, 2.24) is 10.2 Å². The average molecular weight is 298 g/mol. The third kappa shape index (κ3) is 3.29. The Labute approximate surface area is 121 Å². The van der Waals surface area contributed by atoms with Gasteiger partial charge in [0, 0.05) is 38.0 Å². The van der Waals surface area contributed by atoms with Crippen molar-refractivity contribution in [3.8, 4) is 0 Å². The van der Waals surface area contributed by atoms with Crippen LogP contribution in [-0.4, -0.2) is 47.8 Å². The quantitative estimate of drug-likeness (QED) is 0.883. The van der Waals surface area contributed by atoms with Gasteiger partial charge in [0.1, 0.15) is 5.54 Å². The molecule has 0 aromatic carbocycles. The maximum absolute atomic E-state index is 12.2. The van der Waals surface area contributed by atoms with Crippen LogP contribution in [0, 0.1) is 0 Å². The largest absolute Gasteiger partial charge is 0.480 e. The molecule has 2 amide bonds. The van der Waals surface area contributed by atoms with Gasteiger partial charge in [-0.1, -0.05) is 6.07 Å². The molecule has 0 atom stereocenters. The van der Waals surface area contributed by atoms with Crippen molar-refractivity contribution < 1.29 is 19.4 Å². The van der Waals surface area contributed by atoms with Gasteiger partial charge in [0.25, 0.3) is 0 Å². The second kappa shape index (κ2) is 6.23. The van der Waals surface area contributed by atoms with Crippen LogP contribution in [0.2, 0.25) is 0 Å². The highest BCUT2D eigenvalue weighted by atomic mass is 32.1. The van der Waals surface area contributed by atoms with Gasteiger partial charge >= 0.3 is 12.0 Å². The summed E-state index contributed by atoms with van der Waals surface area (Å²) in [6, 6.07) is 3.49. The maximum atomic E-state index is 12.2. The molecule has 1 aliphatic rings. The molecular weight excluding hydrogens is 280 g/mol. The van der Waals surface area contributed by atoms with Crippen LogP contribution in [-0.2, 0) is 16.1 Å². The van der Waals surface area contributed by atoms with Crippen LogP contribution in [0.5, 0.6) is 0 Å². The third-order valence-electron chi connectivity index (χ3n) is 3.42. The summed E-state index contributed by atoms with van der Waals surface area (Å²) < 4.78 is 5.18. The minimum Gasteiger partial charge on any atom is -0.480 e.